The van der Waals surface area contributed by atoms with Crippen LogP contribution >= 0.6 is 23.2 Å². The normalized spacial score (nSPS) is 10.4. The maximum absolute atomic E-state index is 6.03. The van der Waals surface area contributed by atoms with Crippen molar-refractivity contribution < 1.29 is 9.47 Å². The number of nitrogens with two attached hydrogens (primary N) is 1. The number of hydrogen-bond acceptors (Lipinski definition) is 3. The largest absolute Gasteiger partial charge is 0.490 e. The first-order valence-corrected chi connectivity index (χ1v) is 7.45. The van der Waals surface area contributed by atoms with Crippen LogP contribution in [0.15, 0.2) is 42.5 Å². The Morgan fingerprint density at radius 2 is 1.62 bits per heavy atom. The van der Waals surface area contributed by atoms with E-state index in [1.54, 1.807) is 18.2 Å². The predicted molar refractivity (Wildman–Crippen MR) is 86.7 cm³/mol. The lowest BCUT2D eigenvalue weighted by molar-refractivity contribution is 0.217. The topological polar surface area (TPSA) is 44.5 Å². The van der Waals surface area contributed by atoms with Gasteiger partial charge in [0.05, 0.1) is 5.02 Å². The average molecular weight is 326 g/mol. The number of rotatable bonds is 7. The van der Waals surface area contributed by atoms with Gasteiger partial charge in [0, 0.05) is 0 Å². The van der Waals surface area contributed by atoms with Crippen molar-refractivity contribution in [3.63, 3.8) is 0 Å². The maximum atomic E-state index is 6.03. The van der Waals surface area contributed by atoms with Gasteiger partial charge in [-0.15, -0.1) is 0 Å². The van der Waals surface area contributed by atoms with Crippen LogP contribution in [-0.4, -0.2) is 19.8 Å². The van der Waals surface area contributed by atoms with Crippen LogP contribution in [0.25, 0.3) is 0 Å². The summed E-state index contributed by atoms with van der Waals surface area (Å²) in [6, 6.07) is 13.2. The smallest absolute Gasteiger partial charge is 0.139 e. The van der Waals surface area contributed by atoms with E-state index in [0.717, 1.165) is 12.2 Å². The maximum Gasteiger partial charge on any atom is 0.139 e. The molecule has 0 bridgehead atoms. The summed E-state index contributed by atoms with van der Waals surface area (Å²) in [6.45, 7) is 1.47. The molecule has 0 atom stereocenters. The molecule has 3 nitrogen and oxygen atoms in total. The minimum absolute atomic E-state index is 0.393. The van der Waals surface area contributed by atoms with Crippen molar-refractivity contribution >= 4 is 23.2 Å². The molecule has 0 amide bonds. The minimum atomic E-state index is 0.393. The summed E-state index contributed by atoms with van der Waals surface area (Å²) in [4.78, 5) is 0. The highest BCUT2D eigenvalue weighted by molar-refractivity contribution is 6.42. The zero-order chi connectivity index (χ0) is 15.1. The summed E-state index contributed by atoms with van der Waals surface area (Å²) in [5.74, 6) is 1.36. The Labute approximate surface area is 134 Å². The Kier molecular flexibility index (Phi) is 6.18. The fourth-order valence-electron chi connectivity index (χ4n) is 1.83. The zero-order valence-electron chi connectivity index (χ0n) is 11.5. The molecule has 0 saturated carbocycles. The Morgan fingerprint density at radius 3 is 2.33 bits per heavy atom. The molecule has 2 aromatic rings. The van der Waals surface area contributed by atoms with E-state index in [1.807, 2.05) is 24.3 Å². The van der Waals surface area contributed by atoms with E-state index in [1.165, 1.54) is 5.56 Å². The first-order chi connectivity index (χ1) is 10.2. The lowest BCUT2D eigenvalue weighted by Crippen LogP contribution is -2.09. The summed E-state index contributed by atoms with van der Waals surface area (Å²) in [7, 11) is 0. The Bertz CT molecular complexity index is 573. The van der Waals surface area contributed by atoms with Crippen molar-refractivity contribution in [1.29, 1.82) is 0 Å². The lowest BCUT2D eigenvalue weighted by atomic mass is 10.1. The summed E-state index contributed by atoms with van der Waals surface area (Å²) < 4.78 is 11.1. The Morgan fingerprint density at radius 1 is 0.905 bits per heavy atom. The monoisotopic (exact) mass is 325 g/mol. The van der Waals surface area contributed by atoms with Crippen LogP contribution in [0.2, 0.25) is 10.0 Å². The van der Waals surface area contributed by atoms with Crippen LogP contribution in [-0.2, 0) is 6.42 Å². The van der Waals surface area contributed by atoms with Crippen LogP contribution in [0, 0.1) is 0 Å². The number of hydrogen-bond donors (Lipinski definition) is 1. The van der Waals surface area contributed by atoms with Gasteiger partial charge in [0.2, 0.25) is 0 Å². The third-order valence-corrected chi connectivity index (χ3v) is 3.68. The first-order valence-electron chi connectivity index (χ1n) is 6.69. The molecule has 0 aliphatic heterocycles. The molecule has 0 aliphatic carbocycles. The van der Waals surface area contributed by atoms with E-state index in [4.69, 9.17) is 38.4 Å². The van der Waals surface area contributed by atoms with Gasteiger partial charge in [-0.3, -0.25) is 0 Å². The van der Waals surface area contributed by atoms with E-state index in [2.05, 4.69) is 0 Å². The van der Waals surface area contributed by atoms with Crippen molar-refractivity contribution in [3.8, 4) is 11.5 Å². The molecular formula is C16H17Cl2NO2. The highest BCUT2D eigenvalue weighted by Crippen LogP contribution is 2.31. The van der Waals surface area contributed by atoms with E-state index in [0.29, 0.717) is 35.6 Å². The molecule has 0 radical (unpaired) electrons. The molecule has 0 spiro atoms. The van der Waals surface area contributed by atoms with Gasteiger partial charge in [-0.1, -0.05) is 41.4 Å². The van der Waals surface area contributed by atoms with E-state index >= 15 is 0 Å². The average Bonchev–Trinajstić information content (AvgIpc) is 2.50. The molecule has 2 aromatic carbocycles. The van der Waals surface area contributed by atoms with Gasteiger partial charge in [-0.2, -0.15) is 0 Å². The molecular weight excluding hydrogens is 309 g/mol. The number of ether oxygens (including phenoxy) is 2. The second-order valence-corrected chi connectivity index (χ2v) is 5.22. The van der Waals surface area contributed by atoms with E-state index in [-0.39, 0.29) is 0 Å². The van der Waals surface area contributed by atoms with Crippen LogP contribution in [0.3, 0.4) is 0 Å². The van der Waals surface area contributed by atoms with Crippen molar-refractivity contribution in [2.24, 2.45) is 5.73 Å². The van der Waals surface area contributed by atoms with Crippen molar-refractivity contribution in [2.45, 2.75) is 6.42 Å². The molecule has 112 valence electrons. The Balaban J connectivity index is 1.78. The molecule has 21 heavy (non-hydrogen) atoms. The van der Waals surface area contributed by atoms with Crippen LogP contribution < -0.4 is 15.2 Å². The van der Waals surface area contributed by atoms with E-state index in [9.17, 15) is 0 Å². The van der Waals surface area contributed by atoms with Crippen molar-refractivity contribution in [2.75, 3.05) is 19.8 Å². The van der Waals surface area contributed by atoms with Gasteiger partial charge >= 0.3 is 0 Å². The molecule has 0 fully saturated rings. The fourth-order valence-corrected chi connectivity index (χ4v) is 2.17. The highest BCUT2D eigenvalue weighted by atomic mass is 35.5. The molecule has 2 N–H and O–H groups in total. The standard InChI is InChI=1S/C16H17Cl2NO2/c17-14-2-1-3-15(16(14)18)21-11-10-20-13-6-4-12(5-7-13)8-9-19/h1-7H,8-11,19H2. The molecule has 0 saturated heterocycles. The van der Waals surface area contributed by atoms with Crippen LogP contribution in [0.5, 0.6) is 11.5 Å². The Hall–Kier alpha value is -1.42. The van der Waals surface area contributed by atoms with Gasteiger partial charge in [-0.25, -0.2) is 0 Å². The first kappa shape index (κ1) is 16.0. The third-order valence-electron chi connectivity index (χ3n) is 2.88. The zero-order valence-corrected chi connectivity index (χ0v) is 13.0. The fraction of sp³-hybridized carbons (Fsp3) is 0.250. The predicted octanol–water partition coefficient (Wildman–Crippen LogP) is 3.95. The summed E-state index contributed by atoms with van der Waals surface area (Å²) in [5.41, 5.74) is 6.71. The van der Waals surface area contributed by atoms with Crippen molar-refractivity contribution in [1.82, 2.24) is 0 Å². The second-order valence-electron chi connectivity index (χ2n) is 4.43. The quantitative estimate of drug-likeness (QED) is 0.784. The molecule has 0 heterocycles. The molecule has 5 heteroatoms. The van der Waals surface area contributed by atoms with Crippen LogP contribution in [0.4, 0.5) is 0 Å². The van der Waals surface area contributed by atoms with E-state index < -0.39 is 0 Å². The van der Waals surface area contributed by atoms with Gasteiger partial charge in [0.15, 0.2) is 0 Å². The second kappa shape index (κ2) is 8.13. The summed E-state index contributed by atoms with van der Waals surface area (Å²) in [6.07, 6.45) is 0.872. The van der Waals surface area contributed by atoms with Gasteiger partial charge in [0.1, 0.15) is 29.7 Å². The van der Waals surface area contributed by atoms with Gasteiger partial charge < -0.3 is 15.2 Å². The third kappa shape index (κ3) is 4.81. The number of benzene rings is 2. The molecule has 0 aliphatic rings. The summed E-state index contributed by atoms with van der Waals surface area (Å²) in [5, 5.41) is 0.899. The molecule has 0 unspecified atom stereocenters. The molecule has 2 rings (SSSR count). The van der Waals surface area contributed by atoms with Gasteiger partial charge in [-0.05, 0) is 42.8 Å². The highest BCUT2D eigenvalue weighted by Gasteiger charge is 2.05. The van der Waals surface area contributed by atoms with Crippen molar-refractivity contribution in [3.05, 3.63) is 58.1 Å². The number of halogens is 2. The van der Waals surface area contributed by atoms with Crippen LogP contribution in [0.1, 0.15) is 5.56 Å². The molecule has 0 aromatic heterocycles. The minimum Gasteiger partial charge on any atom is -0.490 e. The van der Waals surface area contributed by atoms with Gasteiger partial charge in [0.25, 0.3) is 0 Å². The lowest BCUT2D eigenvalue weighted by Gasteiger charge is -2.10. The summed E-state index contributed by atoms with van der Waals surface area (Å²) >= 11 is 11.9. The SMILES string of the molecule is NCCc1ccc(OCCOc2cccc(Cl)c2Cl)cc1.